The van der Waals surface area contributed by atoms with Crippen LogP contribution in [0.5, 0.6) is 6.08 Å². The Bertz CT molecular complexity index is 211. The van der Waals surface area contributed by atoms with E-state index in [2.05, 4.69) is 29.4 Å². The average Bonchev–Trinajstić information content (AvgIpc) is 2.55. The van der Waals surface area contributed by atoms with Gasteiger partial charge in [0, 0.05) is 6.54 Å². The van der Waals surface area contributed by atoms with E-state index >= 15 is 0 Å². The molecule has 1 aromatic rings. The van der Waals surface area contributed by atoms with Crippen molar-refractivity contribution in [2.45, 2.75) is 13.8 Å². The topological polar surface area (TPSA) is 60.2 Å². The molecule has 0 spiro atoms. The van der Waals surface area contributed by atoms with Crippen LogP contribution in [-0.4, -0.2) is 29.9 Å². The third-order valence-electron chi connectivity index (χ3n) is 1.40. The van der Waals surface area contributed by atoms with Crippen LogP contribution in [0.15, 0.2) is 10.8 Å². The van der Waals surface area contributed by atoms with Gasteiger partial charge in [-0.05, 0) is 12.5 Å². The number of aromatic nitrogens is 2. The zero-order valence-electron chi connectivity index (χ0n) is 7.99. The first kappa shape index (κ1) is 9.98. The Hall–Kier alpha value is -1.10. The minimum absolute atomic E-state index is 0.228. The molecule has 0 aromatic carbocycles. The van der Waals surface area contributed by atoms with Gasteiger partial charge < -0.3 is 14.5 Å². The molecule has 0 fully saturated rings. The molecule has 1 heterocycles. The van der Waals surface area contributed by atoms with E-state index in [9.17, 15) is 0 Å². The van der Waals surface area contributed by atoms with Crippen LogP contribution in [0.4, 0.5) is 0 Å². The van der Waals surface area contributed by atoms with Crippen molar-refractivity contribution in [3.8, 4) is 6.08 Å². The molecule has 0 bridgehead atoms. The van der Waals surface area contributed by atoms with E-state index < -0.39 is 0 Å². The fraction of sp³-hybridized carbons (Fsp3) is 0.750. The molecule has 1 rings (SSSR count). The van der Waals surface area contributed by atoms with E-state index in [1.807, 2.05) is 0 Å². The van der Waals surface area contributed by atoms with Crippen LogP contribution < -0.4 is 10.1 Å². The summed E-state index contributed by atoms with van der Waals surface area (Å²) in [6.07, 6.45) is 1.48. The molecular formula is C8H15N3O2. The third kappa shape index (κ3) is 4.47. The van der Waals surface area contributed by atoms with Crippen LogP contribution in [0.3, 0.4) is 0 Å². The Kier molecular flexibility index (Phi) is 4.25. The summed E-state index contributed by atoms with van der Waals surface area (Å²) in [5.74, 6) is 0.656. The summed E-state index contributed by atoms with van der Waals surface area (Å²) in [6.45, 7) is 6.65. The first-order valence-electron chi connectivity index (χ1n) is 4.38. The van der Waals surface area contributed by atoms with Gasteiger partial charge in [0.1, 0.15) is 6.61 Å². The predicted octanol–water partition coefficient (Wildman–Crippen LogP) is 0.694. The number of nitrogens with zero attached hydrogens (tertiary/aromatic N) is 2. The molecule has 1 aromatic heterocycles. The second-order valence-electron chi connectivity index (χ2n) is 3.15. The zero-order valence-corrected chi connectivity index (χ0v) is 7.99. The number of hydrogen-bond acceptors (Lipinski definition) is 5. The molecule has 13 heavy (non-hydrogen) atoms. The summed E-state index contributed by atoms with van der Waals surface area (Å²) >= 11 is 0. The number of rotatable bonds is 6. The Labute approximate surface area is 77.5 Å². The summed E-state index contributed by atoms with van der Waals surface area (Å²) < 4.78 is 9.91. The van der Waals surface area contributed by atoms with Crippen molar-refractivity contribution in [1.29, 1.82) is 0 Å². The van der Waals surface area contributed by atoms with E-state index in [1.165, 1.54) is 6.39 Å². The smallest absolute Gasteiger partial charge is 0.414 e. The Morgan fingerprint density at radius 3 is 3.08 bits per heavy atom. The lowest BCUT2D eigenvalue weighted by atomic mass is 10.2. The highest BCUT2D eigenvalue weighted by Gasteiger charge is 1.98. The summed E-state index contributed by atoms with van der Waals surface area (Å²) in [6, 6.07) is 0. The van der Waals surface area contributed by atoms with Gasteiger partial charge in [-0.3, -0.25) is 0 Å². The molecule has 0 aliphatic heterocycles. The number of nitrogens with one attached hydrogen (secondary N) is 1. The molecule has 0 amide bonds. The highest BCUT2D eigenvalue weighted by Crippen LogP contribution is 2.00. The van der Waals surface area contributed by atoms with E-state index in [0.717, 1.165) is 13.1 Å². The maximum Gasteiger partial charge on any atom is 0.414 e. The normalized spacial score (nSPS) is 10.7. The monoisotopic (exact) mass is 185 g/mol. The van der Waals surface area contributed by atoms with Crippen LogP contribution in [0, 0.1) is 5.92 Å². The SMILES string of the molecule is CC(C)CNCCOc1nnco1. The van der Waals surface area contributed by atoms with Crippen LogP contribution in [0.1, 0.15) is 13.8 Å². The Morgan fingerprint density at radius 1 is 1.62 bits per heavy atom. The van der Waals surface area contributed by atoms with Gasteiger partial charge in [0.25, 0.3) is 0 Å². The minimum atomic E-state index is 0.228. The largest absolute Gasteiger partial charge is 0.448 e. The van der Waals surface area contributed by atoms with Gasteiger partial charge in [-0.15, -0.1) is 5.10 Å². The summed E-state index contributed by atoms with van der Waals surface area (Å²) in [7, 11) is 0. The quantitative estimate of drug-likeness (QED) is 0.661. The highest BCUT2D eigenvalue weighted by molar-refractivity contribution is 4.76. The van der Waals surface area contributed by atoms with Gasteiger partial charge in [0.05, 0.1) is 0 Å². The van der Waals surface area contributed by atoms with E-state index in [0.29, 0.717) is 12.5 Å². The van der Waals surface area contributed by atoms with E-state index in [1.54, 1.807) is 0 Å². The second kappa shape index (κ2) is 5.53. The van der Waals surface area contributed by atoms with Crippen molar-refractivity contribution >= 4 is 0 Å². The first-order valence-corrected chi connectivity index (χ1v) is 4.38. The molecular weight excluding hydrogens is 170 g/mol. The van der Waals surface area contributed by atoms with E-state index in [-0.39, 0.29) is 6.08 Å². The predicted molar refractivity (Wildman–Crippen MR) is 47.5 cm³/mol. The van der Waals surface area contributed by atoms with Gasteiger partial charge in [0.2, 0.25) is 6.39 Å². The lowest BCUT2D eigenvalue weighted by Gasteiger charge is -2.06. The fourth-order valence-electron chi connectivity index (χ4n) is 0.827. The standard InChI is InChI=1S/C8H15N3O2/c1-7(2)5-9-3-4-12-8-11-10-6-13-8/h6-7,9H,3-5H2,1-2H3. The summed E-state index contributed by atoms with van der Waals surface area (Å²) in [5.41, 5.74) is 0. The number of hydrogen-bond donors (Lipinski definition) is 1. The molecule has 0 radical (unpaired) electrons. The number of ether oxygens (including phenoxy) is 1. The van der Waals surface area contributed by atoms with Gasteiger partial charge in [-0.1, -0.05) is 18.9 Å². The van der Waals surface area contributed by atoms with Crippen LogP contribution in [0.25, 0.3) is 0 Å². The average molecular weight is 185 g/mol. The highest BCUT2D eigenvalue weighted by atomic mass is 16.6. The van der Waals surface area contributed by atoms with Crippen molar-refractivity contribution in [3.05, 3.63) is 6.39 Å². The summed E-state index contributed by atoms with van der Waals surface area (Å²) in [4.78, 5) is 0. The second-order valence-corrected chi connectivity index (χ2v) is 3.15. The molecule has 0 aliphatic carbocycles. The summed E-state index contributed by atoms with van der Waals surface area (Å²) in [5, 5.41) is 10.3. The molecule has 0 unspecified atom stereocenters. The van der Waals surface area contributed by atoms with Crippen LogP contribution >= 0.6 is 0 Å². The minimum Gasteiger partial charge on any atom is -0.448 e. The molecule has 1 N–H and O–H groups in total. The molecule has 0 aliphatic rings. The van der Waals surface area contributed by atoms with Crippen molar-refractivity contribution in [2.75, 3.05) is 19.7 Å². The van der Waals surface area contributed by atoms with Crippen LogP contribution in [0.2, 0.25) is 0 Å². The molecule has 0 saturated heterocycles. The van der Waals surface area contributed by atoms with Gasteiger partial charge in [-0.25, -0.2) is 0 Å². The van der Waals surface area contributed by atoms with Gasteiger partial charge in [0.15, 0.2) is 0 Å². The Balaban J connectivity index is 1.96. The van der Waals surface area contributed by atoms with Crippen molar-refractivity contribution in [1.82, 2.24) is 15.5 Å². The molecule has 74 valence electrons. The van der Waals surface area contributed by atoms with E-state index in [4.69, 9.17) is 9.15 Å². The maximum atomic E-state index is 5.13. The fourth-order valence-corrected chi connectivity index (χ4v) is 0.827. The first-order chi connectivity index (χ1) is 6.29. The van der Waals surface area contributed by atoms with Crippen molar-refractivity contribution in [3.63, 3.8) is 0 Å². The zero-order chi connectivity index (χ0) is 9.52. The molecule has 5 heteroatoms. The van der Waals surface area contributed by atoms with Gasteiger partial charge >= 0.3 is 6.08 Å². The van der Waals surface area contributed by atoms with Gasteiger partial charge in [-0.2, -0.15) is 0 Å². The molecule has 0 atom stereocenters. The molecule has 5 nitrogen and oxygen atoms in total. The lowest BCUT2D eigenvalue weighted by molar-refractivity contribution is 0.229. The third-order valence-corrected chi connectivity index (χ3v) is 1.40. The molecule has 0 saturated carbocycles. The Morgan fingerprint density at radius 2 is 2.46 bits per heavy atom. The maximum absolute atomic E-state index is 5.13. The lowest BCUT2D eigenvalue weighted by Crippen LogP contribution is -2.24. The van der Waals surface area contributed by atoms with Crippen molar-refractivity contribution < 1.29 is 9.15 Å². The van der Waals surface area contributed by atoms with Crippen molar-refractivity contribution in [2.24, 2.45) is 5.92 Å². The van der Waals surface area contributed by atoms with Crippen LogP contribution in [-0.2, 0) is 0 Å².